The number of halogens is 1. The first-order chi connectivity index (χ1) is 10.5. The molecule has 22 heavy (non-hydrogen) atoms. The number of hydrogen-bond donors (Lipinski definition) is 1. The maximum atomic E-state index is 5.85. The van der Waals surface area contributed by atoms with Gasteiger partial charge in [0.1, 0.15) is 5.82 Å². The van der Waals surface area contributed by atoms with Gasteiger partial charge in [-0.05, 0) is 17.7 Å². The van der Waals surface area contributed by atoms with E-state index in [2.05, 4.69) is 20.5 Å². The van der Waals surface area contributed by atoms with Gasteiger partial charge >= 0.3 is 0 Å². The molecule has 0 unspecified atom stereocenters. The Morgan fingerprint density at radius 1 is 1.05 bits per heavy atom. The van der Waals surface area contributed by atoms with E-state index in [1.165, 1.54) is 0 Å². The second-order valence-electron chi connectivity index (χ2n) is 5.12. The summed E-state index contributed by atoms with van der Waals surface area (Å²) >= 11 is 5.85. The van der Waals surface area contributed by atoms with E-state index in [0.29, 0.717) is 16.8 Å². The van der Waals surface area contributed by atoms with Gasteiger partial charge < -0.3 is 9.80 Å². The molecule has 2 rings (SSSR count). The fraction of sp³-hybridized carbons (Fsp3) is 0.267. The molecule has 0 saturated heterocycles. The Kier molecular flexibility index (Phi) is 5.16. The number of rotatable bonds is 5. The molecular weight excluding hydrogens is 300 g/mol. The van der Waals surface area contributed by atoms with Gasteiger partial charge in [0.15, 0.2) is 5.82 Å². The van der Waals surface area contributed by atoms with Crippen molar-refractivity contribution in [3.63, 3.8) is 0 Å². The van der Waals surface area contributed by atoms with Crippen LogP contribution in [0.4, 0.5) is 17.6 Å². The Balaban J connectivity index is 2.16. The van der Waals surface area contributed by atoms with Crippen molar-refractivity contribution in [2.45, 2.75) is 0 Å². The molecule has 0 saturated carbocycles. The van der Waals surface area contributed by atoms with E-state index < -0.39 is 0 Å². The van der Waals surface area contributed by atoms with Crippen LogP contribution in [0.3, 0.4) is 0 Å². The second-order valence-corrected chi connectivity index (χ2v) is 5.56. The van der Waals surface area contributed by atoms with Crippen LogP contribution in [0.25, 0.3) is 0 Å². The molecule has 0 aliphatic heterocycles. The Bertz CT molecular complexity index is 625. The molecule has 2 aromatic rings. The maximum absolute atomic E-state index is 5.85. The van der Waals surface area contributed by atoms with Crippen molar-refractivity contribution < 1.29 is 0 Å². The fourth-order valence-corrected chi connectivity index (χ4v) is 1.76. The molecule has 1 N–H and O–H groups in total. The smallest absolute Gasteiger partial charge is 0.228 e. The summed E-state index contributed by atoms with van der Waals surface area (Å²) in [5, 5.41) is 4.90. The van der Waals surface area contributed by atoms with Gasteiger partial charge in [0.2, 0.25) is 5.95 Å². The Morgan fingerprint density at radius 2 is 1.73 bits per heavy atom. The van der Waals surface area contributed by atoms with E-state index in [9.17, 15) is 0 Å². The molecule has 0 fully saturated rings. The first-order valence-corrected chi connectivity index (χ1v) is 7.12. The molecule has 6 nitrogen and oxygen atoms in total. The third kappa shape index (κ3) is 4.33. The van der Waals surface area contributed by atoms with Crippen molar-refractivity contribution in [1.82, 2.24) is 9.97 Å². The summed E-state index contributed by atoms with van der Waals surface area (Å²) in [6, 6.07) is 9.27. The zero-order valence-corrected chi connectivity index (χ0v) is 13.8. The highest BCUT2D eigenvalue weighted by Gasteiger charge is 2.07. The van der Waals surface area contributed by atoms with Gasteiger partial charge in [0, 0.05) is 39.3 Å². The Labute approximate surface area is 135 Å². The van der Waals surface area contributed by atoms with E-state index in [0.717, 1.165) is 11.4 Å². The SMILES string of the molecule is CN(C)c1cc(N/N=C/c2ccc(Cl)cc2)nc(N(C)C)n1. The summed E-state index contributed by atoms with van der Waals surface area (Å²) in [4.78, 5) is 12.6. The summed E-state index contributed by atoms with van der Waals surface area (Å²) in [5.74, 6) is 2.06. The third-order valence-electron chi connectivity index (χ3n) is 2.82. The van der Waals surface area contributed by atoms with Crippen molar-refractivity contribution in [1.29, 1.82) is 0 Å². The van der Waals surface area contributed by atoms with Crippen LogP contribution >= 0.6 is 11.6 Å². The van der Waals surface area contributed by atoms with Crippen LogP contribution in [-0.4, -0.2) is 44.4 Å². The molecule has 0 radical (unpaired) electrons. The van der Waals surface area contributed by atoms with E-state index in [1.807, 2.05) is 68.3 Å². The monoisotopic (exact) mass is 318 g/mol. The van der Waals surface area contributed by atoms with E-state index >= 15 is 0 Å². The zero-order chi connectivity index (χ0) is 16.1. The highest BCUT2D eigenvalue weighted by Crippen LogP contribution is 2.17. The number of nitrogens with zero attached hydrogens (tertiary/aromatic N) is 5. The van der Waals surface area contributed by atoms with Crippen LogP contribution in [0.5, 0.6) is 0 Å². The summed E-state index contributed by atoms with van der Waals surface area (Å²) in [6.07, 6.45) is 1.71. The van der Waals surface area contributed by atoms with E-state index in [1.54, 1.807) is 6.21 Å². The molecule has 0 aliphatic rings. The molecule has 1 heterocycles. The van der Waals surface area contributed by atoms with Gasteiger partial charge in [-0.25, -0.2) is 0 Å². The van der Waals surface area contributed by atoms with Crippen LogP contribution in [0.15, 0.2) is 35.4 Å². The predicted octanol–water partition coefficient (Wildman–Crippen LogP) is 2.71. The lowest BCUT2D eigenvalue weighted by atomic mass is 10.2. The Morgan fingerprint density at radius 3 is 2.32 bits per heavy atom. The van der Waals surface area contributed by atoms with Crippen LogP contribution in [0.2, 0.25) is 5.02 Å². The first-order valence-electron chi connectivity index (χ1n) is 6.74. The quantitative estimate of drug-likeness (QED) is 0.678. The van der Waals surface area contributed by atoms with E-state index in [4.69, 9.17) is 11.6 Å². The minimum Gasteiger partial charge on any atom is -0.363 e. The first kappa shape index (κ1) is 16.0. The van der Waals surface area contributed by atoms with Crippen LogP contribution in [-0.2, 0) is 0 Å². The molecule has 0 bridgehead atoms. The Hall–Kier alpha value is -2.34. The number of benzene rings is 1. The number of hydrogen-bond acceptors (Lipinski definition) is 6. The van der Waals surface area contributed by atoms with Crippen molar-refractivity contribution in [3.8, 4) is 0 Å². The molecular formula is C15H19ClN6. The van der Waals surface area contributed by atoms with Crippen molar-refractivity contribution in [3.05, 3.63) is 40.9 Å². The minimum atomic E-state index is 0.621. The van der Waals surface area contributed by atoms with Gasteiger partial charge in [0.05, 0.1) is 6.21 Å². The van der Waals surface area contributed by atoms with Gasteiger partial charge in [-0.2, -0.15) is 15.1 Å². The molecule has 116 valence electrons. The lowest BCUT2D eigenvalue weighted by Gasteiger charge is -2.16. The van der Waals surface area contributed by atoms with E-state index in [-0.39, 0.29) is 0 Å². The van der Waals surface area contributed by atoms with Gasteiger partial charge in [-0.3, -0.25) is 5.43 Å². The number of anilines is 3. The number of hydrazone groups is 1. The largest absolute Gasteiger partial charge is 0.363 e. The predicted molar refractivity (Wildman–Crippen MR) is 93.4 cm³/mol. The second kappa shape index (κ2) is 7.09. The van der Waals surface area contributed by atoms with Crippen LogP contribution < -0.4 is 15.2 Å². The van der Waals surface area contributed by atoms with Gasteiger partial charge in [-0.15, -0.1) is 0 Å². The third-order valence-corrected chi connectivity index (χ3v) is 3.07. The lowest BCUT2D eigenvalue weighted by Crippen LogP contribution is -2.17. The van der Waals surface area contributed by atoms with Crippen molar-refractivity contribution in [2.75, 3.05) is 43.4 Å². The fourth-order valence-electron chi connectivity index (χ4n) is 1.63. The molecule has 0 amide bonds. The van der Waals surface area contributed by atoms with Crippen molar-refractivity contribution in [2.24, 2.45) is 5.10 Å². The van der Waals surface area contributed by atoms with Gasteiger partial charge in [-0.1, -0.05) is 23.7 Å². The molecule has 0 atom stereocenters. The molecule has 0 aliphatic carbocycles. The van der Waals surface area contributed by atoms with Crippen molar-refractivity contribution >= 4 is 35.4 Å². The molecule has 7 heteroatoms. The van der Waals surface area contributed by atoms with Gasteiger partial charge in [0.25, 0.3) is 0 Å². The molecule has 1 aromatic heterocycles. The summed E-state index contributed by atoms with van der Waals surface area (Å²) < 4.78 is 0. The van der Waals surface area contributed by atoms with Crippen LogP contribution in [0.1, 0.15) is 5.56 Å². The maximum Gasteiger partial charge on any atom is 0.228 e. The normalized spacial score (nSPS) is 10.8. The minimum absolute atomic E-state index is 0.621. The highest BCUT2D eigenvalue weighted by molar-refractivity contribution is 6.30. The lowest BCUT2D eigenvalue weighted by molar-refractivity contribution is 0.966. The zero-order valence-electron chi connectivity index (χ0n) is 13.1. The highest BCUT2D eigenvalue weighted by atomic mass is 35.5. The number of nitrogens with one attached hydrogen (secondary N) is 1. The molecule has 0 spiro atoms. The topological polar surface area (TPSA) is 56.6 Å². The summed E-state index contributed by atoms with van der Waals surface area (Å²) in [7, 11) is 7.66. The standard InChI is InChI=1S/C15H19ClN6/c1-21(2)14-9-13(18-15(19-14)22(3)4)20-17-10-11-5-7-12(16)8-6-11/h5-10H,1-4H3,(H,18,19,20)/b17-10+. The number of aromatic nitrogens is 2. The average Bonchev–Trinajstić information content (AvgIpc) is 2.49. The summed E-state index contributed by atoms with van der Waals surface area (Å²) in [6.45, 7) is 0. The summed E-state index contributed by atoms with van der Waals surface area (Å²) in [5.41, 5.74) is 3.88. The average molecular weight is 319 g/mol. The van der Waals surface area contributed by atoms with Crippen LogP contribution in [0, 0.1) is 0 Å². The molecule has 1 aromatic carbocycles.